The minimum absolute atomic E-state index is 0.0548. The largest absolute Gasteiger partial charge is 0.458 e. The Labute approximate surface area is 173 Å². The Bertz CT molecular complexity index is 807. The fourth-order valence-electron chi connectivity index (χ4n) is 2.35. The van der Waals surface area contributed by atoms with E-state index in [1.54, 1.807) is 0 Å². The third kappa shape index (κ3) is 4.93. The fraction of sp³-hybridized carbons (Fsp3) is 0.556. The summed E-state index contributed by atoms with van der Waals surface area (Å²) in [6, 6.07) is 4.76. The van der Waals surface area contributed by atoms with Crippen molar-refractivity contribution < 1.29 is 32.8 Å². The predicted molar refractivity (Wildman–Crippen MR) is 105 cm³/mol. The Balaban J connectivity index is 2.12. The highest BCUT2D eigenvalue weighted by atomic mass is 35.5. The zero-order chi connectivity index (χ0) is 22.2. The molecule has 2 rings (SSSR count). The number of carbonyl (C=O) groups is 2. The van der Waals surface area contributed by atoms with Crippen LogP contribution in [0.1, 0.15) is 31.1 Å². The van der Waals surface area contributed by atoms with Gasteiger partial charge < -0.3 is 13.9 Å². The SMILES string of the molecule is CC(C)(C)[Si](C)(C)O[C@@H]1[C@@H](COC(=O)c2ccc([N+](=O)[O-])cc2)OC(=O)[C@@]1(F)Cl. The van der Waals surface area contributed by atoms with Crippen LogP contribution >= 0.6 is 11.6 Å². The third-order valence-corrected chi connectivity index (χ3v) is 9.97. The van der Waals surface area contributed by atoms with Crippen LogP contribution in [0, 0.1) is 10.1 Å². The average Bonchev–Trinajstić information content (AvgIpc) is 2.81. The van der Waals surface area contributed by atoms with E-state index in [9.17, 15) is 24.1 Å². The van der Waals surface area contributed by atoms with Gasteiger partial charge in [0, 0.05) is 12.1 Å². The average molecular weight is 448 g/mol. The molecule has 1 saturated heterocycles. The van der Waals surface area contributed by atoms with Crippen LogP contribution < -0.4 is 0 Å². The number of nitro groups is 1. The molecule has 1 aliphatic rings. The first-order valence-electron chi connectivity index (χ1n) is 8.85. The van der Waals surface area contributed by atoms with Gasteiger partial charge in [-0.3, -0.25) is 10.1 Å². The number of ether oxygens (including phenoxy) is 2. The number of non-ortho nitro benzene ring substituents is 1. The second-order valence-electron chi connectivity index (χ2n) is 8.27. The van der Waals surface area contributed by atoms with Gasteiger partial charge in [-0.1, -0.05) is 32.4 Å². The van der Waals surface area contributed by atoms with Gasteiger partial charge in [0.1, 0.15) is 12.7 Å². The molecule has 1 fully saturated rings. The molecule has 160 valence electrons. The van der Waals surface area contributed by atoms with Crippen LogP contribution in [0.4, 0.5) is 10.1 Å². The molecular formula is C18H23ClFNO7Si. The summed E-state index contributed by atoms with van der Waals surface area (Å²) in [6.45, 7) is 9.07. The molecule has 3 atom stereocenters. The lowest BCUT2D eigenvalue weighted by molar-refractivity contribution is -0.384. The first kappa shape index (κ1) is 23.2. The standard InChI is InChI=1S/C18H23ClFNO7Si/c1-17(2,3)29(4,5)28-14-13(27-16(23)18(14,19)20)10-26-15(22)11-6-8-12(9-7-11)21(24)25/h6-9,13-14H,10H2,1-5H3/t13-,14-,18-/m1/s1. The van der Waals surface area contributed by atoms with Gasteiger partial charge in [0.2, 0.25) is 0 Å². The zero-order valence-corrected chi connectivity index (χ0v) is 18.5. The first-order chi connectivity index (χ1) is 13.2. The summed E-state index contributed by atoms with van der Waals surface area (Å²) >= 11 is 5.77. The smallest absolute Gasteiger partial charge is 0.363 e. The molecule has 0 N–H and O–H groups in total. The Morgan fingerprint density at radius 1 is 1.34 bits per heavy atom. The van der Waals surface area contributed by atoms with Gasteiger partial charge in [-0.25, -0.2) is 14.0 Å². The molecule has 0 radical (unpaired) electrons. The maximum absolute atomic E-state index is 14.8. The highest BCUT2D eigenvalue weighted by Gasteiger charge is 2.61. The normalized spacial score (nSPS) is 24.9. The summed E-state index contributed by atoms with van der Waals surface area (Å²) < 4.78 is 30.8. The highest BCUT2D eigenvalue weighted by molar-refractivity contribution is 6.74. The summed E-state index contributed by atoms with van der Waals surface area (Å²) in [5.41, 5.74) is -0.127. The zero-order valence-electron chi connectivity index (χ0n) is 16.7. The fourth-order valence-corrected chi connectivity index (χ4v) is 3.96. The van der Waals surface area contributed by atoms with Crippen molar-refractivity contribution in [3.63, 3.8) is 0 Å². The highest BCUT2D eigenvalue weighted by Crippen LogP contribution is 2.43. The summed E-state index contributed by atoms with van der Waals surface area (Å²) in [5.74, 6) is -2.10. The summed E-state index contributed by atoms with van der Waals surface area (Å²) in [5, 5.41) is 7.50. The second kappa shape index (κ2) is 8.00. The number of halogens is 2. The van der Waals surface area contributed by atoms with Crippen LogP contribution in [0.25, 0.3) is 0 Å². The molecular weight excluding hydrogens is 425 g/mol. The van der Waals surface area contributed by atoms with Gasteiger partial charge in [0.15, 0.2) is 14.4 Å². The van der Waals surface area contributed by atoms with Crippen LogP contribution in [0.2, 0.25) is 18.1 Å². The van der Waals surface area contributed by atoms with Gasteiger partial charge in [-0.15, -0.1) is 0 Å². The number of benzene rings is 1. The molecule has 1 heterocycles. The first-order valence-corrected chi connectivity index (χ1v) is 12.1. The van der Waals surface area contributed by atoms with Crippen molar-refractivity contribution >= 4 is 37.5 Å². The van der Waals surface area contributed by atoms with E-state index in [-0.39, 0.29) is 16.3 Å². The van der Waals surface area contributed by atoms with Gasteiger partial charge in [0.05, 0.1) is 10.5 Å². The molecule has 1 aromatic carbocycles. The van der Waals surface area contributed by atoms with Gasteiger partial charge in [-0.05, 0) is 30.3 Å². The van der Waals surface area contributed by atoms with Crippen molar-refractivity contribution in [2.45, 2.75) is 56.2 Å². The maximum Gasteiger partial charge on any atom is 0.363 e. The Kier molecular flexibility index (Phi) is 6.41. The van der Waals surface area contributed by atoms with Gasteiger partial charge in [0.25, 0.3) is 5.69 Å². The Morgan fingerprint density at radius 3 is 2.38 bits per heavy atom. The molecule has 0 spiro atoms. The van der Waals surface area contributed by atoms with E-state index in [0.29, 0.717) is 0 Å². The van der Waals surface area contributed by atoms with E-state index in [1.807, 2.05) is 33.9 Å². The monoisotopic (exact) mass is 447 g/mol. The Morgan fingerprint density at radius 2 is 1.90 bits per heavy atom. The number of nitrogens with zero attached hydrogens (tertiary/aromatic N) is 1. The van der Waals surface area contributed by atoms with Crippen LogP contribution in [-0.2, 0) is 18.7 Å². The van der Waals surface area contributed by atoms with E-state index in [1.165, 1.54) is 12.1 Å². The Hall–Kier alpha value is -2.04. The van der Waals surface area contributed by atoms with Crippen molar-refractivity contribution in [3.05, 3.63) is 39.9 Å². The quantitative estimate of drug-likeness (QED) is 0.213. The summed E-state index contributed by atoms with van der Waals surface area (Å²) in [6.07, 6.45) is -2.66. The lowest BCUT2D eigenvalue weighted by Crippen LogP contribution is -2.51. The number of esters is 2. The number of carbonyl (C=O) groups excluding carboxylic acids is 2. The number of cyclic esters (lactones) is 1. The molecule has 0 aliphatic carbocycles. The molecule has 8 nitrogen and oxygen atoms in total. The lowest BCUT2D eigenvalue weighted by Gasteiger charge is -2.39. The van der Waals surface area contributed by atoms with E-state index >= 15 is 0 Å². The van der Waals surface area contributed by atoms with Gasteiger partial charge in [-0.2, -0.15) is 0 Å². The lowest BCUT2D eigenvalue weighted by atomic mass is 10.1. The van der Waals surface area contributed by atoms with E-state index in [4.69, 9.17) is 25.5 Å². The number of alkyl halides is 2. The van der Waals surface area contributed by atoms with E-state index < -0.39 is 49.1 Å². The molecule has 29 heavy (non-hydrogen) atoms. The minimum Gasteiger partial charge on any atom is -0.458 e. The van der Waals surface area contributed by atoms with E-state index in [0.717, 1.165) is 12.1 Å². The predicted octanol–water partition coefficient (Wildman–Crippen LogP) is 3.97. The third-order valence-electron chi connectivity index (χ3n) is 5.15. The van der Waals surface area contributed by atoms with Crippen molar-refractivity contribution in [2.75, 3.05) is 6.61 Å². The molecule has 0 saturated carbocycles. The van der Waals surface area contributed by atoms with Crippen LogP contribution in [0.5, 0.6) is 0 Å². The molecule has 0 unspecified atom stereocenters. The minimum atomic E-state index is -2.89. The molecule has 1 aliphatic heterocycles. The molecule has 0 aromatic heterocycles. The number of hydrogen-bond donors (Lipinski definition) is 0. The topological polar surface area (TPSA) is 105 Å². The van der Waals surface area contributed by atoms with Gasteiger partial charge >= 0.3 is 17.1 Å². The van der Waals surface area contributed by atoms with Crippen LogP contribution in [-0.4, -0.2) is 49.1 Å². The van der Waals surface area contributed by atoms with Crippen molar-refractivity contribution in [2.24, 2.45) is 0 Å². The van der Waals surface area contributed by atoms with Crippen molar-refractivity contribution in [3.8, 4) is 0 Å². The summed E-state index contributed by atoms with van der Waals surface area (Å²) in [4.78, 5) is 34.1. The molecule has 0 bridgehead atoms. The maximum atomic E-state index is 14.8. The van der Waals surface area contributed by atoms with Crippen molar-refractivity contribution in [1.82, 2.24) is 0 Å². The van der Waals surface area contributed by atoms with Crippen molar-refractivity contribution in [1.29, 1.82) is 0 Å². The summed E-state index contributed by atoms with van der Waals surface area (Å²) in [7, 11) is -2.53. The molecule has 11 heteroatoms. The number of nitro benzene ring substituents is 1. The number of hydrogen-bond acceptors (Lipinski definition) is 7. The van der Waals surface area contributed by atoms with E-state index in [2.05, 4.69) is 0 Å². The molecule has 0 amide bonds. The van der Waals surface area contributed by atoms with Crippen LogP contribution in [0.15, 0.2) is 24.3 Å². The molecule has 1 aromatic rings. The second-order valence-corrected chi connectivity index (χ2v) is 13.6. The van der Waals surface area contributed by atoms with Crippen LogP contribution in [0.3, 0.4) is 0 Å². The number of rotatable bonds is 6.